The average molecular weight is 224 g/mol. The summed E-state index contributed by atoms with van der Waals surface area (Å²) in [6, 6.07) is 0.694. The fraction of sp³-hybridized carbons (Fsp3) is 1.00. The fourth-order valence-electron chi connectivity index (χ4n) is 0.775. The lowest BCUT2D eigenvalue weighted by Gasteiger charge is -2.45. The van der Waals surface area contributed by atoms with E-state index < -0.39 is 0 Å². The van der Waals surface area contributed by atoms with Crippen molar-refractivity contribution in [2.75, 3.05) is 14.1 Å². The summed E-state index contributed by atoms with van der Waals surface area (Å²) >= 11 is 0. The number of hydrogen-bond donors (Lipinski definition) is 0. The van der Waals surface area contributed by atoms with Crippen LogP contribution in [0, 0.1) is 0 Å². The summed E-state index contributed by atoms with van der Waals surface area (Å²) < 4.78 is 1.08. The second-order valence-electron chi connectivity index (χ2n) is 4.80. The lowest BCUT2D eigenvalue weighted by atomic mass is 10.0. The molecule has 0 aromatic rings. The lowest BCUT2D eigenvalue weighted by molar-refractivity contribution is -0.954. The van der Waals surface area contributed by atoms with Gasteiger partial charge in [0, 0.05) is 0 Å². The summed E-state index contributed by atoms with van der Waals surface area (Å²) in [7, 11) is 4.56. The Kier molecular flexibility index (Phi) is 4.96. The molecule has 0 rings (SSSR count). The summed E-state index contributed by atoms with van der Waals surface area (Å²) in [5.74, 6) is 0. The van der Waals surface area contributed by atoms with Crippen molar-refractivity contribution in [1.82, 2.24) is 0 Å². The van der Waals surface area contributed by atoms with Crippen molar-refractivity contribution in [2.45, 2.75) is 46.2 Å². The Labute approximate surface area is 82.1 Å². The number of halogens is 1. The van der Waals surface area contributed by atoms with Gasteiger partial charge >= 0.3 is 0 Å². The van der Waals surface area contributed by atoms with Gasteiger partial charge in [0.1, 0.15) is 0 Å². The normalized spacial score (nSPS) is 13.1. The second-order valence-corrected chi connectivity index (χ2v) is 4.80. The van der Waals surface area contributed by atoms with Gasteiger partial charge in [-0.15, -0.1) is 0 Å². The van der Waals surface area contributed by atoms with Gasteiger partial charge in [-0.3, -0.25) is 0 Å². The predicted molar refractivity (Wildman–Crippen MR) is 47.0 cm³/mol. The molecule has 0 atom stereocenters. The highest BCUT2D eigenvalue weighted by Gasteiger charge is 2.33. The molecule has 2 heteroatoms. The van der Waals surface area contributed by atoms with Gasteiger partial charge in [0.2, 0.25) is 0 Å². The third kappa shape index (κ3) is 3.12. The Bertz CT molecular complexity index is 111. The van der Waals surface area contributed by atoms with Gasteiger partial charge in [-0.25, -0.2) is 0 Å². The zero-order valence-electron chi connectivity index (χ0n) is 8.90. The zero-order chi connectivity index (χ0) is 8.58. The minimum atomic E-state index is 0. The van der Waals surface area contributed by atoms with Crippen LogP contribution < -0.4 is 17.0 Å². The van der Waals surface area contributed by atoms with Crippen LogP contribution in [-0.2, 0) is 0 Å². The molecular formula is C9H22BrN. The third-order valence-electron chi connectivity index (χ3n) is 3.02. The van der Waals surface area contributed by atoms with Crippen LogP contribution in [-0.4, -0.2) is 30.2 Å². The van der Waals surface area contributed by atoms with E-state index in [4.69, 9.17) is 0 Å². The lowest BCUT2D eigenvalue weighted by Crippen LogP contribution is -3.00. The Hall–Kier alpha value is 0.440. The van der Waals surface area contributed by atoms with Gasteiger partial charge in [-0.1, -0.05) is 0 Å². The standard InChI is InChI=1S/C9H22N.BrH/c1-8(2)10(6,7)9(3,4)5;/h8H,1-7H3;1H/q+1;/p-1. The van der Waals surface area contributed by atoms with E-state index in [9.17, 15) is 0 Å². The minimum Gasteiger partial charge on any atom is -1.00 e. The largest absolute Gasteiger partial charge is 1.00 e. The number of quaternary nitrogens is 1. The minimum absolute atomic E-state index is 0. The third-order valence-corrected chi connectivity index (χ3v) is 3.02. The van der Waals surface area contributed by atoms with Gasteiger partial charge in [0.25, 0.3) is 0 Å². The van der Waals surface area contributed by atoms with Crippen molar-refractivity contribution >= 4 is 0 Å². The van der Waals surface area contributed by atoms with E-state index >= 15 is 0 Å². The molecule has 0 spiro atoms. The predicted octanol–water partition coefficient (Wildman–Crippen LogP) is -0.726. The highest BCUT2D eigenvalue weighted by Crippen LogP contribution is 2.22. The van der Waals surface area contributed by atoms with Crippen molar-refractivity contribution in [1.29, 1.82) is 0 Å². The van der Waals surface area contributed by atoms with Crippen molar-refractivity contribution in [3.8, 4) is 0 Å². The fourth-order valence-corrected chi connectivity index (χ4v) is 0.775. The first-order valence-corrected chi connectivity index (χ1v) is 4.03. The Morgan fingerprint density at radius 3 is 1.27 bits per heavy atom. The molecule has 0 aliphatic carbocycles. The van der Waals surface area contributed by atoms with Crippen molar-refractivity contribution < 1.29 is 21.5 Å². The van der Waals surface area contributed by atoms with Gasteiger partial charge in [-0.05, 0) is 34.6 Å². The summed E-state index contributed by atoms with van der Waals surface area (Å²) in [4.78, 5) is 0. The monoisotopic (exact) mass is 223 g/mol. The summed E-state index contributed by atoms with van der Waals surface area (Å²) in [6.45, 7) is 11.4. The number of hydrogen-bond acceptors (Lipinski definition) is 0. The molecule has 0 aliphatic rings. The molecule has 11 heavy (non-hydrogen) atoms. The Morgan fingerprint density at radius 1 is 1.00 bits per heavy atom. The van der Waals surface area contributed by atoms with Crippen LogP contribution >= 0.6 is 0 Å². The molecule has 1 nitrogen and oxygen atoms in total. The maximum Gasteiger partial charge on any atom is 0.0905 e. The van der Waals surface area contributed by atoms with E-state index in [-0.39, 0.29) is 17.0 Å². The van der Waals surface area contributed by atoms with Crippen LogP contribution in [0.15, 0.2) is 0 Å². The van der Waals surface area contributed by atoms with Crippen LogP contribution in [0.25, 0.3) is 0 Å². The van der Waals surface area contributed by atoms with E-state index in [1.807, 2.05) is 0 Å². The highest BCUT2D eigenvalue weighted by molar-refractivity contribution is 4.61. The molecule has 0 heterocycles. The molecule has 0 unspecified atom stereocenters. The topological polar surface area (TPSA) is 0 Å². The van der Waals surface area contributed by atoms with Crippen LogP contribution in [0.4, 0.5) is 0 Å². The van der Waals surface area contributed by atoms with Crippen molar-refractivity contribution in [3.05, 3.63) is 0 Å². The van der Waals surface area contributed by atoms with Gasteiger partial charge in [0.05, 0.1) is 25.7 Å². The molecule has 0 amide bonds. The molecule has 0 N–H and O–H groups in total. The quantitative estimate of drug-likeness (QED) is 0.515. The average Bonchev–Trinajstić information content (AvgIpc) is 1.62. The van der Waals surface area contributed by atoms with E-state index in [1.165, 1.54) is 0 Å². The zero-order valence-corrected chi connectivity index (χ0v) is 10.5. The van der Waals surface area contributed by atoms with E-state index in [2.05, 4.69) is 48.7 Å². The first kappa shape index (κ1) is 14.0. The van der Waals surface area contributed by atoms with Crippen molar-refractivity contribution in [2.24, 2.45) is 0 Å². The van der Waals surface area contributed by atoms with Crippen LogP contribution in [0.2, 0.25) is 0 Å². The summed E-state index contributed by atoms with van der Waals surface area (Å²) in [5.41, 5.74) is 0.355. The highest BCUT2D eigenvalue weighted by atomic mass is 79.9. The molecule has 0 saturated heterocycles. The molecule has 70 valence electrons. The smallest absolute Gasteiger partial charge is 0.0905 e. The van der Waals surface area contributed by atoms with E-state index in [0.717, 1.165) is 4.48 Å². The van der Waals surface area contributed by atoms with Crippen LogP contribution in [0.1, 0.15) is 34.6 Å². The maximum atomic E-state index is 2.28. The SMILES string of the molecule is CC(C)[N+](C)(C)C(C)(C)C.[Br-]. The van der Waals surface area contributed by atoms with Crippen LogP contribution in [0.5, 0.6) is 0 Å². The summed E-state index contributed by atoms with van der Waals surface area (Å²) in [5, 5.41) is 0. The van der Waals surface area contributed by atoms with Gasteiger partial charge in [0.15, 0.2) is 0 Å². The molecule has 0 aliphatic heterocycles. The molecule has 0 aromatic heterocycles. The summed E-state index contributed by atoms with van der Waals surface area (Å²) in [6.07, 6.45) is 0. The maximum absolute atomic E-state index is 2.28. The van der Waals surface area contributed by atoms with E-state index in [1.54, 1.807) is 0 Å². The first-order valence-electron chi connectivity index (χ1n) is 4.03. The molecule has 0 bridgehead atoms. The Morgan fingerprint density at radius 2 is 1.27 bits per heavy atom. The molecule has 0 radical (unpaired) electrons. The molecule has 0 saturated carbocycles. The van der Waals surface area contributed by atoms with Gasteiger partial charge < -0.3 is 21.5 Å². The van der Waals surface area contributed by atoms with Crippen molar-refractivity contribution in [3.63, 3.8) is 0 Å². The second kappa shape index (κ2) is 3.90. The van der Waals surface area contributed by atoms with Crippen LogP contribution in [0.3, 0.4) is 0 Å². The number of nitrogens with zero attached hydrogens (tertiary/aromatic N) is 1. The number of rotatable bonds is 1. The molecule has 0 fully saturated rings. The molecular weight excluding hydrogens is 202 g/mol. The molecule has 0 aromatic carbocycles. The Balaban J connectivity index is 0. The van der Waals surface area contributed by atoms with Gasteiger partial charge in [-0.2, -0.15) is 0 Å². The first-order chi connectivity index (χ1) is 4.19. The van der Waals surface area contributed by atoms with E-state index in [0.29, 0.717) is 11.6 Å².